The summed E-state index contributed by atoms with van der Waals surface area (Å²) in [4.78, 5) is 37.6. The Bertz CT molecular complexity index is 1140. The van der Waals surface area contributed by atoms with Gasteiger partial charge in [0.05, 0.1) is 6.04 Å². The maximum Gasteiger partial charge on any atom is 0.257 e. The number of nitrogens with zero attached hydrogens (tertiary/aromatic N) is 9. The van der Waals surface area contributed by atoms with Gasteiger partial charge >= 0.3 is 0 Å². The molecule has 12 heteroatoms. The summed E-state index contributed by atoms with van der Waals surface area (Å²) in [6.07, 6.45) is 4.94. The van der Waals surface area contributed by atoms with Gasteiger partial charge < -0.3 is 9.80 Å². The van der Waals surface area contributed by atoms with Crippen molar-refractivity contribution in [3.8, 4) is 5.82 Å². The van der Waals surface area contributed by atoms with Crippen LogP contribution in [0.1, 0.15) is 18.0 Å². The first-order chi connectivity index (χ1) is 15.1. The van der Waals surface area contributed by atoms with Crippen LogP contribution >= 0.6 is 11.8 Å². The lowest BCUT2D eigenvalue weighted by atomic mass is 10.2. The second-order valence-corrected chi connectivity index (χ2v) is 8.51. The molecule has 2 aliphatic heterocycles. The molecule has 2 aliphatic rings. The summed E-state index contributed by atoms with van der Waals surface area (Å²) in [5.74, 6) is 2.14. The molecule has 0 radical (unpaired) electrons. The zero-order chi connectivity index (χ0) is 21.4. The van der Waals surface area contributed by atoms with E-state index in [1.165, 1.54) is 18.1 Å². The van der Waals surface area contributed by atoms with Crippen molar-refractivity contribution < 1.29 is 4.79 Å². The van der Waals surface area contributed by atoms with Crippen molar-refractivity contribution >= 4 is 23.5 Å². The number of rotatable bonds is 4. The van der Waals surface area contributed by atoms with E-state index in [1.807, 2.05) is 17.0 Å². The zero-order valence-electron chi connectivity index (χ0n) is 17.0. The van der Waals surface area contributed by atoms with Crippen LogP contribution in [0, 0.1) is 6.92 Å². The topological polar surface area (TPSA) is 115 Å². The number of hydrogen-bond acceptors (Lipinski definition) is 9. The van der Waals surface area contributed by atoms with E-state index in [9.17, 15) is 9.59 Å². The fourth-order valence-electron chi connectivity index (χ4n) is 3.82. The minimum atomic E-state index is -0.138. The number of aryl methyl sites for hydroxylation is 1. The Hall–Kier alpha value is -3.28. The average molecular weight is 440 g/mol. The number of anilines is 1. The average Bonchev–Trinajstić information content (AvgIpc) is 3.47. The Balaban J connectivity index is 1.19. The smallest absolute Gasteiger partial charge is 0.257 e. The number of piperazine rings is 1. The Morgan fingerprint density at radius 3 is 2.65 bits per heavy atom. The van der Waals surface area contributed by atoms with Crippen LogP contribution in [0.3, 0.4) is 0 Å². The molecule has 1 atom stereocenters. The summed E-state index contributed by atoms with van der Waals surface area (Å²) in [7, 11) is 0. The Morgan fingerprint density at radius 1 is 1.16 bits per heavy atom. The maximum absolute atomic E-state index is 12.9. The van der Waals surface area contributed by atoms with Crippen LogP contribution in [0.25, 0.3) is 5.82 Å². The number of carbonyl (C=O) groups is 1. The summed E-state index contributed by atoms with van der Waals surface area (Å²) in [6, 6.07) is 3.61. The van der Waals surface area contributed by atoms with Gasteiger partial charge in [-0.25, -0.2) is 14.6 Å². The van der Waals surface area contributed by atoms with Crippen molar-refractivity contribution in [2.45, 2.75) is 24.5 Å². The van der Waals surface area contributed by atoms with Gasteiger partial charge in [0, 0.05) is 50.1 Å². The van der Waals surface area contributed by atoms with Gasteiger partial charge in [-0.15, -0.1) is 10.2 Å². The third-order valence-electron chi connectivity index (χ3n) is 5.56. The van der Waals surface area contributed by atoms with Crippen molar-refractivity contribution in [3.63, 3.8) is 0 Å². The van der Waals surface area contributed by atoms with Crippen molar-refractivity contribution in [2.75, 3.05) is 36.8 Å². The van der Waals surface area contributed by atoms with Crippen LogP contribution in [0.4, 0.5) is 5.82 Å². The molecule has 1 saturated heterocycles. The van der Waals surface area contributed by atoms with Crippen LogP contribution in [0.15, 0.2) is 40.9 Å². The number of hydrogen-bond donors (Lipinski definition) is 0. The van der Waals surface area contributed by atoms with E-state index >= 15 is 0 Å². The predicted octanol–water partition coefficient (Wildman–Crippen LogP) is 0.308. The highest BCUT2D eigenvalue weighted by Crippen LogP contribution is 2.32. The molecule has 11 nitrogen and oxygen atoms in total. The molecule has 0 aromatic carbocycles. The monoisotopic (exact) mass is 439 g/mol. The molecule has 31 heavy (non-hydrogen) atoms. The van der Waals surface area contributed by atoms with Gasteiger partial charge in [-0.2, -0.15) is 5.10 Å². The number of fused-ring (bicyclic) bond motifs is 1. The van der Waals surface area contributed by atoms with E-state index in [0.29, 0.717) is 54.9 Å². The van der Waals surface area contributed by atoms with E-state index < -0.39 is 0 Å². The van der Waals surface area contributed by atoms with Gasteiger partial charge in [-0.1, -0.05) is 11.8 Å². The summed E-state index contributed by atoms with van der Waals surface area (Å²) in [5, 5.41) is 13.2. The standard InChI is InChI=1S/C19H21N9O2S/c1-13-9-21-19-28(18(13)30)14(10-31-19)8-17(29)26-6-4-25(5-7-26)15-2-3-16(24-23-15)27-12-20-11-22-27/h2-3,9,11-12,14H,4-8,10H2,1H3/t14-/m1/s1. The third-order valence-corrected chi connectivity index (χ3v) is 6.67. The fourth-order valence-corrected chi connectivity index (χ4v) is 4.93. The number of aromatic nitrogens is 7. The Morgan fingerprint density at radius 2 is 1.94 bits per heavy atom. The van der Waals surface area contributed by atoms with E-state index in [4.69, 9.17) is 0 Å². The molecule has 0 aliphatic carbocycles. The Labute approximate surface area is 182 Å². The van der Waals surface area contributed by atoms with Crippen molar-refractivity contribution in [1.82, 2.24) is 39.4 Å². The lowest BCUT2D eigenvalue weighted by Crippen LogP contribution is -2.49. The van der Waals surface area contributed by atoms with Gasteiger partial charge in [-0.05, 0) is 19.1 Å². The van der Waals surface area contributed by atoms with Crippen LogP contribution in [-0.4, -0.2) is 77.3 Å². The van der Waals surface area contributed by atoms with Gasteiger partial charge in [-0.3, -0.25) is 14.2 Å². The minimum absolute atomic E-state index is 0.0504. The molecule has 3 aromatic rings. The summed E-state index contributed by atoms with van der Waals surface area (Å²) < 4.78 is 3.23. The molecular weight excluding hydrogens is 418 g/mol. The zero-order valence-corrected chi connectivity index (χ0v) is 17.8. The summed E-state index contributed by atoms with van der Waals surface area (Å²) >= 11 is 1.53. The van der Waals surface area contributed by atoms with Gasteiger partial charge in [0.1, 0.15) is 12.7 Å². The molecule has 3 aromatic heterocycles. The van der Waals surface area contributed by atoms with Gasteiger partial charge in [0.2, 0.25) is 5.91 Å². The first-order valence-corrected chi connectivity index (χ1v) is 11.0. The van der Waals surface area contributed by atoms with E-state index in [1.54, 1.807) is 28.7 Å². The highest BCUT2D eigenvalue weighted by molar-refractivity contribution is 7.99. The van der Waals surface area contributed by atoms with Crippen LogP contribution in [-0.2, 0) is 4.79 Å². The summed E-state index contributed by atoms with van der Waals surface area (Å²) in [6.45, 7) is 4.34. The summed E-state index contributed by atoms with van der Waals surface area (Å²) in [5.41, 5.74) is 0.554. The predicted molar refractivity (Wildman–Crippen MR) is 113 cm³/mol. The molecule has 0 unspecified atom stereocenters. The molecule has 160 valence electrons. The van der Waals surface area contributed by atoms with Crippen LogP contribution in [0.5, 0.6) is 0 Å². The third kappa shape index (κ3) is 3.78. The molecule has 5 rings (SSSR count). The minimum Gasteiger partial charge on any atom is -0.352 e. The molecule has 0 N–H and O–H groups in total. The first kappa shape index (κ1) is 19.7. The molecule has 1 amide bonds. The maximum atomic E-state index is 12.9. The second kappa shape index (κ2) is 8.10. The van der Waals surface area contributed by atoms with Gasteiger partial charge in [0.25, 0.3) is 5.56 Å². The number of amides is 1. The van der Waals surface area contributed by atoms with Crippen molar-refractivity contribution in [3.05, 3.63) is 46.9 Å². The first-order valence-electron chi connectivity index (χ1n) is 10.0. The molecule has 0 spiro atoms. The largest absolute Gasteiger partial charge is 0.352 e. The van der Waals surface area contributed by atoms with Crippen LogP contribution < -0.4 is 10.5 Å². The normalized spacial score (nSPS) is 18.3. The molecule has 0 bridgehead atoms. The number of thioether (sulfide) groups is 1. The SMILES string of the molecule is Cc1cnc2n(c1=O)[C@H](CC(=O)N1CCN(c3ccc(-n4cncn4)nn3)CC1)CS2. The van der Waals surface area contributed by atoms with E-state index in [0.717, 1.165) is 5.82 Å². The second-order valence-electron chi connectivity index (χ2n) is 7.53. The van der Waals surface area contributed by atoms with Crippen molar-refractivity contribution in [2.24, 2.45) is 0 Å². The molecular formula is C19H21N9O2S. The highest BCUT2D eigenvalue weighted by Gasteiger charge is 2.30. The molecule has 1 fully saturated rings. The van der Waals surface area contributed by atoms with Crippen LogP contribution in [0.2, 0.25) is 0 Å². The molecule has 0 saturated carbocycles. The fraction of sp³-hybridized carbons (Fsp3) is 0.421. The van der Waals surface area contributed by atoms with Crippen molar-refractivity contribution in [1.29, 1.82) is 0 Å². The highest BCUT2D eigenvalue weighted by atomic mass is 32.2. The lowest BCUT2D eigenvalue weighted by Gasteiger charge is -2.35. The molecule has 5 heterocycles. The van der Waals surface area contributed by atoms with E-state index in [2.05, 4.69) is 30.2 Å². The van der Waals surface area contributed by atoms with Gasteiger partial charge in [0.15, 0.2) is 16.8 Å². The van der Waals surface area contributed by atoms with E-state index in [-0.39, 0.29) is 17.5 Å². The lowest BCUT2D eigenvalue weighted by molar-refractivity contribution is -0.132. The Kier molecular flexibility index (Phi) is 5.14. The quantitative estimate of drug-likeness (QED) is 0.530. The number of carbonyl (C=O) groups excluding carboxylic acids is 1.